The van der Waals surface area contributed by atoms with E-state index in [0.29, 0.717) is 35.8 Å². The third kappa shape index (κ3) is 5.39. The number of halogens is 1. The number of benzene rings is 3. The van der Waals surface area contributed by atoms with Crippen molar-refractivity contribution in [3.63, 3.8) is 0 Å². The number of hydrogen-bond donors (Lipinski definition) is 3. The lowest BCUT2D eigenvalue weighted by molar-refractivity contribution is -0.120. The van der Waals surface area contributed by atoms with Crippen LogP contribution < -0.4 is 20.7 Å². The van der Waals surface area contributed by atoms with Crippen molar-refractivity contribution in [3.05, 3.63) is 94.5 Å². The first-order valence-electron chi connectivity index (χ1n) is 12.1. The molecule has 1 fully saturated rings. The largest absolute Gasteiger partial charge is 0.436 e. The van der Waals surface area contributed by atoms with E-state index >= 15 is 0 Å². The van der Waals surface area contributed by atoms with Crippen molar-refractivity contribution in [1.29, 1.82) is 0 Å². The zero-order valence-electron chi connectivity index (χ0n) is 20.6. The standard InChI is InChI=1S/C27H25ClN4O6S/c28-19-8-11-23-21(15-19)27(12-13-30-16-27)38-26(35)32(23)25(34)22(14-17-4-2-1-3-5-17)31-24(33)18-6-9-20(10-7-18)39(29,36)37/h1-11,15,22,30H,12-14,16H2,(H,31,33)(H2,29,36,37)/t22-,27?/m0/s1. The monoisotopic (exact) mass is 568 g/mol. The number of sulfonamides is 1. The van der Waals surface area contributed by atoms with E-state index in [-0.39, 0.29) is 16.9 Å². The van der Waals surface area contributed by atoms with Gasteiger partial charge in [0, 0.05) is 35.5 Å². The molecule has 202 valence electrons. The maximum atomic E-state index is 14.0. The van der Waals surface area contributed by atoms with Gasteiger partial charge in [-0.1, -0.05) is 41.9 Å². The third-order valence-electron chi connectivity index (χ3n) is 6.82. The van der Waals surface area contributed by atoms with Gasteiger partial charge in [0.25, 0.3) is 11.8 Å². The van der Waals surface area contributed by atoms with Gasteiger partial charge in [0.1, 0.15) is 6.04 Å². The van der Waals surface area contributed by atoms with Crippen LogP contribution >= 0.6 is 11.6 Å². The first kappa shape index (κ1) is 26.8. The Bertz CT molecular complexity index is 1540. The Hall–Kier alpha value is -3.77. The molecule has 0 aliphatic carbocycles. The second-order valence-electron chi connectivity index (χ2n) is 9.41. The molecule has 0 saturated carbocycles. The summed E-state index contributed by atoms with van der Waals surface area (Å²) in [5.41, 5.74) is 0.860. The molecule has 2 heterocycles. The summed E-state index contributed by atoms with van der Waals surface area (Å²) in [4.78, 5) is 41.3. The van der Waals surface area contributed by atoms with E-state index < -0.39 is 39.6 Å². The van der Waals surface area contributed by atoms with Crippen LogP contribution in [-0.4, -0.2) is 45.5 Å². The molecule has 0 radical (unpaired) electrons. The fourth-order valence-corrected chi connectivity index (χ4v) is 5.56. The van der Waals surface area contributed by atoms with Gasteiger partial charge in [0.05, 0.1) is 10.6 Å². The summed E-state index contributed by atoms with van der Waals surface area (Å²) < 4.78 is 29.0. The number of carbonyl (C=O) groups is 3. The molecule has 4 N–H and O–H groups in total. The fraction of sp³-hybridized carbons (Fsp3) is 0.222. The molecule has 5 rings (SSSR count). The number of rotatable bonds is 6. The molecule has 3 amide bonds. The summed E-state index contributed by atoms with van der Waals surface area (Å²) in [5.74, 6) is -1.33. The second-order valence-corrected chi connectivity index (χ2v) is 11.4. The van der Waals surface area contributed by atoms with E-state index in [2.05, 4.69) is 10.6 Å². The highest BCUT2D eigenvalue weighted by Crippen LogP contribution is 2.44. The average molecular weight is 569 g/mol. The summed E-state index contributed by atoms with van der Waals surface area (Å²) in [6, 6.07) is 17.7. The first-order chi connectivity index (χ1) is 18.6. The summed E-state index contributed by atoms with van der Waals surface area (Å²) >= 11 is 6.28. The van der Waals surface area contributed by atoms with E-state index in [1.54, 1.807) is 42.5 Å². The van der Waals surface area contributed by atoms with Gasteiger partial charge in [-0.15, -0.1) is 0 Å². The van der Waals surface area contributed by atoms with Gasteiger partial charge in [0.15, 0.2) is 5.60 Å². The van der Waals surface area contributed by atoms with E-state index in [9.17, 15) is 22.8 Å². The Labute approximate surface area is 230 Å². The topological polar surface area (TPSA) is 148 Å². The van der Waals surface area contributed by atoms with Crippen molar-refractivity contribution in [1.82, 2.24) is 10.6 Å². The summed E-state index contributed by atoms with van der Waals surface area (Å²) in [6.45, 7) is 1.01. The van der Waals surface area contributed by atoms with Crippen LogP contribution in [0.3, 0.4) is 0 Å². The number of carbonyl (C=O) groups excluding carboxylic acids is 3. The van der Waals surface area contributed by atoms with Crippen LogP contribution in [0.2, 0.25) is 5.02 Å². The lowest BCUT2D eigenvalue weighted by Crippen LogP contribution is -2.56. The average Bonchev–Trinajstić information content (AvgIpc) is 3.37. The van der Waals surface area contributed by atoms with Crippen LogP contribution in [0.4, 0.5) is 10.5 Å². The number of nitrogens with zero attached hydrogens (tertiary/aromatic N) is 1. The van der Waals surface area contributed by atoms with Gasteiger partial charge in [-0.3, -0.25) is 9.59 Å². The van der Waals surface area contributed by atoms with Crippen LogP contribution in [0.1, 0.15) is 27.9 Å². The van der Waals surface area contributed by atoms with Crippen molar-refractivity contribution in [2.75, 3.05) is 18.0 Å². The number of nitrogens with two attached hydrogens (primary N) is 1. The maximum absolute atomic E-state index is 14.0. The minimum Gasteiger partial charge on any atom is -0.436 e. The van der Waals surface area contributed by atoms with Gasteiger partial charge < -0.3 is 15.4 Å². The molecule has 0 bridgehead atoms. The van der Waals surface area contributed by atoms with E-state index in [1.807, 2.05) is 6.07 Å². The number of amides is 3. The smallest absolute Gasteiger partial charge is 0.422 e. The highest BCUT2D eigenvalue weighted by molar-refractivity contribution is 7.89. The zero-order valence-corrected chi connectivity index (χ0v) is 22.2. The molecule has 2 aliphatic heterocycles. The Morgan fingerprint density at radius 2 is 1.82 bits per heavy atom. The molecule has 39 heavy (non-hydrogen) atoms. The Morgan fingerprint density at radius 1 is 1.10 bits per heavy atom. The summed E-state index contributed by atoms with van der Waals surface area (Å²) in [6.07, 6.45) is -0.240. The predicted molar refractivity (Wildman–Crippen MR) is 144 cm³/mol. The van der Waals surface area contributed by atoms with Crippen molar-refractivity contribution in [2.24, 2.45) is 5.14 Å². The second kappa shape index (κ2) is 10.4. The number of fused-ring (bicyclic) bond motifs is 2. The molecule has 0 aromatic heterocycles. The predicted octanol–water partition coefficient (Wildman–Crippen LogP) is 2.70. The highest BCUT2D eigenvalue weighted by atomic mass is 35.5. The minimum atomic E-state index is -3.94. The minimum absolute atomic E-state index is 0.0834. The third-order valence-corrected chi connectivity index (χ3v) is 7.99. The Kier molecular flexibility index (Phi) is 7.17. The molecule has 2 atom stereocenters. The number of imide groups is 1. The maximum Gasteiger partial charge on any atom is 0.422 e. The van der Waals surface area contributed by atoms with Crippen molar-refractivity contribution in [3.8, 4) is 0 Å². The summed E-state index contributed by atoms with van der Waals surface area (Å²) in [7, 11) is -3.94. The van der Waals surface area contributed by atoms with Crippen molar-refractivity contribution in [2.45, 2.75) is 29.4 Å². The van der Waals surface area contributed by atoms with Crippen LogP contribution in [-0.2, 0) is 31.6 Å². The SMILES string of the molecule is NS(=O)(=O)c1ccc(C(=O)N[C@@H](Cc2ccccc2)C(=O)N2C(=O)OC3(CCNC3)c3cc(Cl)ccc32)cc1. The quantitative estimate of drug-likeness (QED) is 0.414. The van der Waals surface area contributed by atoms with Crippen LogP contribution in [0, 0.1) is 0 Å². The van der Waals surface area contributed by atoms with E-state index in [1.165, 1.54) is 24.3 Å². The molecule has 1 saturated heterocycles. The van der Waals surface area contributed by atoms with Crippen LogP contribution in [0.25, 0.3) is 0 Å². The molecule has 12 heteroatoms. The number of primary sulfonamides is 1. The molecule has 3 aromatic carbocycles. The molecule has 2 aliphatic rings. The number of nitrogens with one attached hydrogen (secondary N) is 2. The van der Waals surface area contributed by atoms with Crippen molar-refractivity contribution < 1.29 is 27.5 Å². The van der Waals surface area contributed by atoms with Gasteiger partial charge in [-0.25, -0.2) is 23.3 Å². The Balaban J connectivity index is 1.49. The van der Waals surface area contributed by atoms with Gasteiger partial charge in [-0.05, 0) is 54.6 Å². The van der Waals surface area contributed by atoms with Crippen LogP contribution in [0.15, 0.2) is 77.7 Å². The zero-order chi connectivity index (χ0) is 27.8. The molecule has 3 aromatic rings. The van der Waals surface area contributed by atoms with Gasteiger partial charge >= 0.3 is 6.09 Å². The number of hydrogen-bond acceptors (Lipinski definition) is 7. The molecular formula is C27H25ClN4O6S. The highest BCUT2D eigenvalue weighted by Gasteiger charge is 2.49. The lowest BCUT2D eigenvalue weighted by atomic mass is 9.89. The molecular weight excluding hydrogens is 544 g/mol. The summed E-state index contributed by atoms with van der Waals surface area (Å²) in [5, 5.41) is 11.5. The van der Waals surface area contributed by atoms with Gasteiger partial charge in [-0.2, -0.15) is 0 Å². The first-order valence-corrected chi connectivity index (χ1v) is 14.1. The molecule has 1 spiro atoms. The normalized spacial score (nSPS) is 19.3. The Morgan fingerprint density at radius 3 is 2.46 bits per heavy atom. The lowest BCUT2D eigenvalue weighted by Gasteiger charge is -2.40. The van der Waals surface area contributed by atoms with E-state index in [0.717, 1.165) is 10.5 Å². The van der Waals surface area contributed by atoms with Crippen LogP contribution in [0.5, 0.6) is 0 Å². The fourth-order valence-electron chi connectivity index (χ4n) is 4.87. The van der Waals surface area contributed by atoms with E-state index in [4.69, 9.17) is 21.5 Å². The number of anilines is 1. The molecule has 10 nitrogen and oxygen atoms in total. The van der Waals surface area contributed by atoms with Crippen molar-refractivity contribution >= 4 is 45.2 Å². The number of ether oxygens (including phenoxy) is 1. The molecule has 1 unspecified atom stereocenters. The van der Waals surface area contributed by atoms with Gasteiger partial charge in [0.2, 0.25) is 10.0 Å².